The number of aromatic amines is 1. The van der Waals surface area contributed by atoms with Crippen molar-refractivity contribution in [2.24, 2.45) is 0 Å². The summed E-state index contributed by atoms with van der Waals surface area (Å²) in [5, 5.41) is 2.53. The van der Waals surface area contributed by atoms with Gasteiger partial charge in [0.15, 0.2) is 5.03 Å². The predicted octanol–water partition coefficient (Wildman–Crippen LogP) is -1.04. The first-order valence-electron chi connectivity index (χ1n) is 4.86. The fourth-order valence-electron chi connectivity index (χ4n) is 0.981. The highest BCUT2D eigenvalue weighted by molar-refractivity contribution is 7.89. The summed E-state index contributed by atoms with van der Waals surface area (Å²) in [5.41, 5.74) is 0. The maximum atomic E-state index is 11.6. The first kappa shape index (κ1) is 13.5. The van der Waals surface area contributed by atoms with E-state index in [-0.39, 0.29) is 24.1 Å². The van der Waals surface area contributed by atoms with Crippen molar-refractivity contribution in [1.29, 1.82) is 0 Å². The van der Waals surface area contributed by atoms with Gasteiger partial charge >= 0.3 is 6.03 Å². The summed E-state index contributed by atoms with van der Waals surface area (Å²) >= 11 is 0. The number of imidazole rings is 1. The van der Waals surface area contributed by atoms with E-state index in [1.165, 1.54) is 17.4 Å². The van der Waals surface area contributed by atoms with Gasteiger partial charge in [0.25, 0.3) is 10.0 Å². The van der Waals surface area contributed by atoms with Gasteiger partial charge in [0.2, 0.25) is 0 Å². The molecule has 96 valence electrons. The van der Waals surface area contributed by atoms with E-state index in [1.807, 2.05) is 0 Å². The summed E-state index contributed by atoms with van der Waals surface area (Å²) in [4.78, 5) is 18.6. The molecule has 0 aromatic carbocycles. The molecule has 0 spiro atoms. The van der Waals surface area contributed by atoms with E-state index in [9.17, 15) is 13.2 Å². The largest absolute Gasteiger partial charge is 0.337 e. The van der Waals surface area contributed by atoms with Gasteiger partial charge in [-0.05, 0) is 0 Å². The lowest BCUT2D eigenvalue weighted by Gasteiger charge is -2.11. The molecule has 1 heterocycles. The van der Waals surface area contributed by atoms with Gasteiger partial charge in [-0.25, -0.2) is 22.9 Å². The zero-order chi connectivity index (χ0) is 12.9. The Balaban J connectivity index is 2.35. The molecule has 0 atom stereocenters. The maximum Gasteiger partial charge on any atom is 0.316 e. The van der Waals surface area contributed by atoms with Crippen molar-refractivity contribution in [3.63, 3.8) is 0 Å². The van der Waals surface area contributed by atoms with Gasteiger partial charge in [-0.2, -0.15) is 0 Å². The van der Waals surface area contributed by atoms with Crippen LogP contribution in [0.25, 0.3) is 0 Å². The van der Waals surface area contributed by atoms with Gasteiger partial charge < -0.3 is 15.2 Å². The summed E-state index contributed by atoms with van der Waals surface area (Å²) in [5.74, 6) is 0. The van der Waals surface area contributed by atoms with Crippen LogP contribution in [-0.2, 0) is 10.0 Å². The number of hydrogen-bond donors (Lipinski definition) is 3. The number of nitrogens with one attached hydrogen (secondary N) is 3. The second-order valence-corrected chi connectivity index (χ2v) is 5.18. The van der Waals surface area contributed by atoms with Crippen molar-refractivity contribution in [2.45, 2.75) is 5.03 Å². The minimum absolute atomic E-state index is 0.00330. The smallest absolute Gasteiger partial charge is 0.316 e. The van der Waals surface area contributed by atoms with E-state index >= 15 is 0 Å². The first-order chi connectivity index (χ1) is 7.93. The van der Waals surface area contributed by atoms with Crippen LogP contribution in [0.4, 0.5) is 4.79 Å². The second-order valence-electron chi connectivity index (χ2n) is 3.44. The summed E-state index contributed by atoms with van der Waals surface area (Å²) in [7, 11) is -0.366. The van der Waals surface area contributed by atoms with Crippen LogP contribution in [0.5, 0.6) is 0 Å². The Labute approximate surface area is 99.5 Å². The number of aromatic nitrogens is 2. The highest BCUT2D eigenvalue weighted by Gasteiger charge is 2.14. The number of H-pyrrole nitrogens is 1. The minimum atomic E-state index is -3.57. The lowest BCUT2D eigenvalue weighted by atomic mass is 10.6. The number of carbonyl (C=O) groups is 1. The molecular weight excluding hydrogens is 246 g/mol. The molecule has 2 amide bonds. The van der Waals surface area contributed by atoms with Crippen LogP contribution in [0.2, 0.25) is 0 Å². The summed E-state index contributed by atoms with van der Waals surface area (Å²) in [6.45, 7) is 0.325. The third-order valence-corrected chi connectivity index (χ3v) is 3.25. The highest BCUT2D eigenvalue weighted by atomic mass is 32.2. The molecule has 0 aliphatic rings. The van der Waals surface area contributed by atoms with Gasteiger partial charge in [-0.3, -0.25) is 0 Å². The minimum Gasteiger partial charge on any atom is -0.337 e. The second kappa shape index (κ2) is 5.64. The van der Waals surface area contributed by atoms with Crippen LogP contribution >= 0.6 is 0 Å². The lowest BCUT2D eigenvalue weighted by Crippen LogP contribution is -2.39. The van der Waals surface area contributed by atoms with Gasteiger partial charge in [0.05, 0.1) is 12.5 Å². The van der Waals surface area contributed by atoms with Gasteiger partial charge in [-0.15, -0.1) is 0 Å². The molecule has 0 unspecified atom stereocenters. The normalized spacial score (nSPS) is 11.2. The SMILES string of the molecule is CN(C)C(=O)NCCNS(=O)(=O)c1cnc[nH]1. The van der Waals surface area contributed by atoms with E-state index < -0.39 is 10.0 Å². The van der Waals surface area contributed by atoms with Crippen molar-refractivity contribution in [3.05, 3.63) is 12.5 Å². The quantitative estimate of drug-likeness (QED) is 0.588. The van der Waals surface area contributed by atoms with Crippen molar-refractivity contribution in [3.8, 4) is 0 Å². The van der Waals surface area contributed by atoms with Gasteiger partial charge in [-0.1, -0.05) is 0 Å². The molecule has 0 fully saturated rings. The number of carbonyl (C=O) groups excluding carboxylic acids is 1. The average Bonchev–Trinajstić information content (AvgIpc) is 2.77. The molecule has 9 heteroatoms. The van der Waals surface area contributed by atoms with Crippen LogP contribution in [0.15, 0.2) is 17.6 Å². The summed E-state index contributed by atoms with van der Waals surface area (Å²) in [6.07, 6.45) is 2.49. The number of hydrogen-bond acceptors (Lipinski definition) is 4. The van der Waals surface area contributed by atoms with E-state index in [2.05, 4.69) is 20.0 Å². The zero-order valence-electron chi connectivity index (χ0n) is 9.60. The van der Waals surface area contributed by atoms with Crippen LogP contribution in [0.1, 0.15) is 0 Å². The number of rotatable bonds is 5. The number of sulfonamides is 1. The molecule has 0 saturated carbocycles. The molecule has 1 rings (SSSR count). The van der Waals surface area contributed by atoms with Crippen molar-refractivity contribution in [1.82, 2.24) is 24.9 Å². The van der Waals surface area contributed by atoms with E-state index in [4.69, 9.17) is 0 Å². The Morgan fingerprint density at radius 3 is 2.71 bits per heavy atom. The monoisotopic (exact) mass is 261 g/mol. The van der Waals surface area contributed by atoms with E-state index in [0.29, 0.717) is 0 Å². The third-order valence-electron chi connectivity index (χ3n) is 1.86. The van der Waals surface area contributed by atoms with Crippen LogP contribution in [0, 0.1) is 0 Å². The molecule has 0 aliphatic carbocycles. The Hall–Kier alpha value is -1.61. The number of nitrogens with zero attached hydrogens (tertiary/aromatic N) is 2. The Kier molecular flexibility index (Phi) is 4.46. The topological polar surface area (TPSA) is 107 Å². The first-order valence-corrected chi connectivity index (χ1v) is 6.35. The molecule has 17 heavy (non-hydrogen) atoms. The van der Waals surface area contributed by atoms with Crippen LogP contribution < -0.4 is 10.0 Å². The fraction of sp³-hybridized carbons (Fsp3) is 0.500. The van der Waals surface area contributed by atoms with Crippen molar-refractivity contribution in [2.75, 3.05) is 27.2 Å². The van der Waals surface area contributed by atoms with E-state index in [0.717, 1.165) is 0 Å². The van der Waals surface area contributed by atoms with Crippen molar-refractivity contribution >= 4 is 16.1 Å². The molecule has 1 aromatic heterocycles. The van der Waals surface area contributed by atoms with Crippen molar-refractivity contribution < 1.29 is 13.2 Å². The molecule has 8 nitrogen and oxygen atoms in total. The molecule has 0 aliphatic heterocycles. The van der Waals surface area contributed by atoms with E-state index in [1.54, 1.807) is 14.1 Å². The Morgan fingerprint density at radius 2 is 2.18 bits per heavy atom. The standard InChI is InChI=1S/C8H15N5O3S/c1-13(2)8(14)10-3-4-12-17(15,16)7-5-9-6-11-7/h5-6,12H,3-4H2,1-2H3,(H,9,11)(H,10,14). The van der Waals surface area contributed by atoms with Crippen LogP contribution in [0.3, 0.4) is 0 Å². The molecule has 1 aromatic rings. The lowest BCUT2D eigenvalue weighted by molar-refractivity contribution is 0.217. The molecular formula is C8H15N5O3S. The predicted molar refractivity (Wildman–Crippen MR) is 60.9 cm³/mol. The summed E-state index contributed by atoms with van der Waals surface area (Å²) < 4.78 is 25.5. The summed E-state index contributed by atoms with van der Waals surface area (Å²) in [6, 6.07) is -0.272. The zero-order valence-corrected chi connectivity index (χ0v) is 10.4. The molecule has 0 radical (unpaired) electrons. The molecule has 0 saturated heterocycles. The van der Waals surface area contributed by atoms with Gasteiger partial charge in [0, 0.05) is 27.2 Å². The van der Waals surface area contributed by atoms with Crippen LogP contribution in [-0.4, -0.2) is 56.5 Å². The molecule has 0 bridgehead atoms. The average molecular weight is 261 g/mol. The third kappa shape index (κ3) is 4.04. The Morgan fingerprint density at radius 1 is 1.47 bits per heavy atom. The highest BCUT2D eigenvalue weighted by Crippen LogP contribution is 2.00. The fourth-order valence-corrected chi connectivity index (χ4v) is 1.91. The Bertz CT molecular complexity index is 454. The maximum absolute atomic E-state index is 11.6. The van der Waals surface area contributed by atoms with Gasteiger partial charge in [0.1, 0.15) is 0 Å². The molecule has 3 N–H and O–H groups in total. The number of amides is 2. The number of urea groups is 1.